The zero-order valence-electron chi connectivity index (χ0n) is 27.4. The Balaban J connectivity index is 1.20. The molecule has 2 aromatic heterocycles. The van der Waals surface area contributed by atoms with Crippen LogP contribution in [0.25, 0.3) is 88.4 Å². The van der Waals surface area contributed by atoms with E-state index in [4.69, 9.17) is 0 Å². The summed E-state index contributed by atoms with van der Waals surface area (Å²) in [6.07, 6.45) is 0. The van der Waals surface area contributed by atoms with Crippen LogP contribution in [-0.2, 0) is 0 Å². The fourth-order valence-corrected chi connectivity index (χ4v) is 7.95. The molecule has 234 valence electrons. The molecule has 0 fully saturated rings. The first-order valence-corrected chi connectivity index (χ1v) is 17.2. The van der Waals surface area contributed by atoms with Crippen LogP contribution < -0.4 is 0 Å². The molecule has 2 heteroatoms. The van der Waals surface area contributed by atoms with Gasteiger partial charge in [0.1, 0.15) is 0 Å². The minimum Gasteiger partial charge on any atom is -0.309 e. The van der Waals surface area contributed by atoms with Gasteiger partial charge in [0.2, 0.25) is 0 Å². The molecule has 0 spiro atoms. The van der Waals surface area contributed by atoms with Crippen molar-refractivity contribution in [1.29, 1.82) is 0 Å². The van der Waals surface area contributed by atoms with E-state index in [-0.39, 0.29) is 0 Å². The zero-order valence-corrected chi connectivity index (χ0v) is 27.4. The van der Waals surface area contributed by atoms with Gasteiger partial charge in [-0.3, -0.25) is 0 Å². The highest BCUT2D eigenvalue weighted by Crippen LogP contribution is 2.41. The van der Waals surface area contributed by atoms with Crippen molar-refractivity contribution in [2.24, 2.45) is 0 Å². The van der Waals surface area contributed by atoms with Crippen molar-refractivity contribution in [3.05, 3.63) is 194 Å². The first-order valence-electron chi connectivity index (χ1n) is 17.2. The number of aromatic nitrogens is 2. The molecule has 0 aliphatic rings. The van der Waals surface area contributed by atoms with Crippen LogP contribution in [0.2, 0.25) is 0 Å². The molecular weight excluding hydrogens is 605 g/mol. The molecule has 0 bridgehead atoms. The second-order valence-electron chi connectivity index (χ2n) is 12.9. The molecule has 0 radical (unpaired) electrons. The molecule has 0 unspecified atom stereocenters. The summed E-state index contributed by atoms with van der Waals surface area (Å²) in [7, 11) is 0. The molecular formula is C48H32N2. The van der Waals surface area contributed by atoms with Crippen molar-refractivity contribution in [3.8, 4) is 44.8 Å². The lowest BCUT2D eigenvalue weighted by Crippen LogP contribution is -1.96. The fraction of sp³-hybridized carbons (Fsp3) is 0. The molecule has 0 N–H and O–H groups in total. The van der Waals surface area contributed by atoms with Crippen LogP contribution in [0.15, 0.2) is 194 Å². The van der Waals surface area contributed by atoms with Gasteiger partial charge in [-0.15, -0.1) is 0 Å². The Morgan fingerprint density at radius 1 is 0.260 bits per heavy atom. The molecule has 0 aliphatic carbocycles. The monoisotopic (exact) mass is 636 g/mol. The first kappa shape index (κ1) is 28.4. The highest BCUT2D eigenvalue weighted by Gasteiger charge is 2.19. The number of rotatable bonds is 5. The van der Waals surface area contributed by atoms with E-state index in [1.807, 2.05) is 0 Å². The summed E-state index contributed by atoms with van der Waals surface area (Å²) in [6, 6.07) is 70.4. The van der Waals surface area contributed by atoms with E-state index in [1.165, 1.54) is 77.0 Å². The van der Waals surface area contributed by atoms with Gasteiger partial charge in [0.05, 0.1) is 22.1 Å². The topological polar surface area (TPSA) is 9.86 Å². The van der Waals surface area contributed by atoms with E-state index in [2.05, 4.69) is 203 Å². The van der Waals surface area contributed by atoms with Crippen LogP contribution in [-0.4, -0.2) is 9.13 Å². The lowest BCUT2D eigenvalue weighted by Gasteiger charge is -2.15. The Labute approximate surface area is 290 Å². The summed E-state index contributed by atoms with van der Waals surface area (Å²) >= 11 is 0. The molecule has 0 saturated carbocycles. The minimum atomic E-state index is 1.14. The second-order valence-corrected chi connectivity index (χ2v) is 12.9. The van der Waals surface area contributed by atoms with Gasteiger partial charge in [-0.05, 0) is 81.9 Å². The van der Waals surface area contributed by atoms with Crippen LogP contribution in [0.1, 0.15) is 0 Å². The Morgan fingerprint density at radius 2 is 0.740 bits per heavy atom. The van der Waals surface area contributed by atoms with Crippen molar-refractivity contribution < 1.29 is 0 Å². The number of fused-ring (bicyclic) bond motifs is 6. The molecule has 2 nitrogen and oxygen atoms in total. The lowest BCUT2D eigenvalue weighted by atomic mass is 9.94. The highest BCUT2D eigenvalue weighted by atomic mass is 15.0. The number of hydrogen-bond acceptors (Lipinski definition) is 0. The zero-order chi connectivity index (χ0) is 33.0. The molecule has 10 aromatic rings. The van der Waals surface area contributed by atoms with Crippen LogP contribution in [0.3, 0.4) is 0 Å². The Bertz CT molecular complexity index is 2800. The Kier molecular flexibility index (Phi) is 6.53. The first-order chi connectivity index (χ1) is 24.8. The third-order valence-corrected chi connectivity index (χ3v) is 10.1. The normalized spacial score (nSPS) is 11.6. The summed E-state index contributed by atoms with van der Waals surface area (Å²) < 4.78 is 4.84. The molecule has 2 heterocycles. The van der Waals surface area contributed by atoms with E-state index in [9.17, 15) is 0 Å². The molecule has 0 atom stereocenters. The van der Waals surface area contributed by atoms with Gasteiger partial charge in [0.15, 0.2) is 0 Å². The maximum absolute atomic E-state index is 2.44. The quantitative estimate of drug-likeness (QED) is 0.178. The predicted molar refractivity (Wildman–Crippen MR) is 211 cm³/mol. The maximum Gasteiger partial charge on any atom is 0.0547 e. The van der Waals surface area contributed by atoms with Gasteiger partial charge in [0, 0.05) is 32.9 Å². The van der Waals surface area contributed by atoms with Gasteiger partial charge in [-0.2, -0.15) is 0 Å². The minimum absolute atomic E-state index is 1.14. The Morgan fingerprint density at radius 3 is 1.42 bits per heavy atom. The number of hydrogen-bond donors (Lipinski definition) is 0. The van der Waals surface area contributed by atoms with Gasteiger partial charge in [-0.1, -0.05) is 146 Å². The SMILES string of the molecule is c1ccc(-c2ccc(-n3c4ccccc4c4c(-c5cccc(-n6c7ccccc7c7ccccc76)c5)cccc43)cc2-c2ccccc2)cc1. The predicted octanol–water partition coefficient (Wildman–Crippen LogP) is 12.9. The summed E-state index contributed by atoms with van der Waals surface area (Å²) in [5.41, 5.74) is 14.4. The molecule has 0 amide bonds. The lowest BCUT2D eigenvalue weighted by molar-refractivity contribution is 1.18. The number of nitrogens with zero attached hydrogens (tertiary/aromatic N) is 2. The molecule has 50 heavy (non-hydrogen) atoms. The van der Waals surface area contributed by atoms with Gasteiger partial charge in [-0.25, -0.2) is 0 Å². The third-order valence-electron chi connectivity index (χ3n) is 10.1. The van der Waals surface area contributed by atoms with Crippen LogP contribution in [0.4, 0.5) is 0 Å². The largest absolute Gasteiger partial charge is 0.309 e. The van der Waals surface area contributed by atoms with Gasteiger partial charge >= 0.3 is 0 Å². The summed E-state index contributed by atoms with van der Waals surface area (Å²) in [6.45, 7) is 0. The van der Waals surface area contributed by atoms with Gasteiger partial charge < -0.3 is 9.13 Å². The average molecular weight is 637 g/mol. The third kappa shape index (κ3) is 4.43. The maximum atomic E-state index is 2.44. The second kappa shape index (κ2) is 11.5. The highest BCUT2D eigenvalue weighted by molar-refractivity contribution is 6.16. The van der Waals surface area contributed by atoms with Crippen molar-refractivity contribution in [2.75, 3.05) is 0 Å². The molecule has 8 aromatic carbocycles. The molecule has 10 rings (SSSR count). The fourth-order valence-electron chi connectivity index (χ4n) is 7.95. The van der Waals surface area contributed by atoms with Gasteiger partial charge in [0.25, 0.3) is 0 Å². The summed E-state index contributed by atoms with van der Waals surface area (Å²) in [5, 5.41) is 5.04. The smallest absolute Gasteiger partial charge is 0.0547 e. The van der Waals surface area contributed by atoms with E-state index in [0.29, 0.717) is 0 Å². The number of para-hydroxylation sites is 3. The standard InChI is InChI=1S/C48H32N2/c1-3-15-33(16-4-1)38-30-29-37(32-43(38)34-17-5-2-6-18-34)50-46-27-12-9-23-42(46)48-39(24-14-28-47(48)50)35-19-13-20-36(31-35)49-44-25-10-7-21-40(44)41-22-8-11-26-45(41)49/h1-32H. The molecule has 0 saturated heterocycles. The van der Waals surface area contributed by atoms with Crippen molar-refractivity contribution in [1.82, 2.24) is 9.13 Å². The Hall–Kier alpha value is -6.64. The summed E-state index contributed by atoms with van der Waals surface area (Å²) in [5.74, 6) is 0. The van der Waals surface area contributed by atoms with E-state index >= 15 is 0 Å². The van der Waals surface area contributed by atoms with E-state index in [0.717, 1.165) is 11.4 Å². The van der Waals surface area contributed by atoms with Crippen molar-refractivity contribution >= 4 is 43.6 Å². The molecule has 0 aliphatic heterocycles. The van der Waals surface area contributed by atoms with Crippen molar-refractivity contribution in [3.63, 3.8) is 0 Å². The van der Waals surface area contributed by atoms with Crippen LogP contribution in [0.5, 0.6) is 0 Å². The van der Waals surface area contributed by atoms with Crippen molar-refractivity contribution in [2.45, 2.75) is 0 Å². The van der Waals surface area contributed by atoms with E-state index < -0.39 is 0 Å². The van der Waals surface area contributed by atoms with E-state index in [1.54, 1.807) is 0 Å². The van der Waals surface area contributed by atoms with Crippen LogP contribution in [0, 0.1) is 0 Å². The summed E-state index contributed by atoms with van der Waals surface area (Å²) in [4.78, 5) is 0. The average Bonchev–Trinajstić information content (AvgIpc) is 3.72. The van der Waals surface area contributed by atoms with Crippen LogP contribution >= 0.6 is 0 Å². The number of benzene rings is 8.